The Labute approximate surface area is 200 Å². The van der Waals surface area contributed by atoms with Crippen LogP contribution in [0.15, 0.2) is 0 Å². The van der Waals surface area contributed by atoms with Gasteiger partial charge in [0, 0.05) is 6.61 Å². The summed E-state index contributed by atoms with van der Waals surface area (Å²) in [7, 11) is -4.43. The Morgan fingerprint density at radius 3 is 1.38 bits per heavy atom. The van der Waals surface area contributed by atoms with Crippen LogP contribution in [0, 0.1) is 0 Å². The lowest BCUT2D eigenvalue weighted by molar-refractivity contribution is 0.0403. The molecular formula is C26H54O5S. The van der Waals surface area contributed by atoms with E-state index >= 15 is 0 Å². The van der Waals surface area contributed by atoms with E-state index in [1.807, 2.05) is 0 Å². The summed E-state index contributed by atoms with van der Waals surface area (Å²) in [5.41, 5.74) is 0. The van der Waals surface area contributed by atoms with Gasteiger partial charge in [-0.2, -0.15) is 8.42 Å². The molecule has 0 saturated heterocycles. The zero-order valence-corrected chi connectivity index (χ0v) is 22.1. The van der Waals surface area contributed by atoms with Crippen LogP contribution in [-0.2, 0) is 19.3 Å². The van der Waals surface area contributed by atoms with Crippen molar-refractivity contribution in [3.63, 3.8) is 0 Å². The maximum absolute atomic E-state index is 11.1. The minimum atomic E-state index is -4.43. The average molecular weight is 479 g/mol. The summed E-state index contributed by atoms with van der Waals surface area (Å²) < 4.78 is 41.7. The SMILES string of the molecule is CCCCCCCCCCCCCOCC(CCCCCCCCCCC)OS(=O)(=O)O. The lowest BCUT2D eigenvalue weighted by Crippen LogP contribution is -2.23. The summed E-state index contributed by atoms with van der Waals surface area (Å²) in [6, 6.07) is 0. The van der Waals surface area contributed by atoms with Crippen molar-refractivity contribution in [3.8, 4) is 0 Å². The van der Waals surface area contributed by atoms with Crippen molar-refractivity contribution in [1.82, 2.24) is 0 Å². The minimum Gasteiger partial charge on any atom is -0.379 e. The summed E-state index contributed by atoms with van der Waals surface area (Å²) in [4.78, 5) is 0. The average Bonchev–Trinajstić information content (AvgIpc) is 2.74. The largest absolute Gasteiger partial charge is 0.397 e. The summed E-state index contributed by atoms with van der Waals surface area (Å²) in [6.07, 6.45) is 25.1. The molecule has 0 aromatic carbocycles. The first-order valence-electron chi connectivity index (χ1n) is 13.7. The van der Waals surface area contributed by atoms with Gasteiger partial charge in [-0.15, -0.1) is 0 Å². The second-order valence-electron chi connectivity index (χ2n) is 9.37. The number of hydrogen-bond acceptors (Lipinski definition) is 4. The van der Waals surface area contributed by atoms with Crippen molar-refractivity contribution in [2.75, 3.05) is 13.2 Å². The molecule has 0 saturated carbocycles. The zero-order valence-electron chi connectivity index (χ0n) is 21.3. The molecule has 0 rings (SSSR count). The first kappa shape index (κ1) is 31.8. The van der Waals surface area contributed by atoms with Gasteiger partial charge in [-0.1, -0.05) is 136 Å². The number of rotatable bonds is 26. The van der Waals surface area contributed by atoms with Gasteiger partial charge in [0.2, 0.25) is 0 Å². The lowest BCUT2D eigenvalue weighted by atomic mass is 10.1. The van der Waals surface area contributed by atoms with Gasteiger partial charge in [0.25, 0.3) is 0 Å². The van der Waals surface area contributed by atoms with Gasteiger partial charge in [0.1, 0.15) is 6.10 Å². The fourth-order valence-corrected chi connectivity index (χ4v) is 4.59. The van der Waals surface area contributed by atoms with E-state index in [-0.39, 0.29) is 6.61 Å². The van der Waals surface area contributed by atoms with Crippen molar-refractivity contribution >= 4 is 10.4 Å². The highest BCUT2D eigenvalue weighted by atomic mass is 32.3. The van der Waals surface area contributed by atoms with Crippen molar-refractivity contribution in [3.05, 3.63) is 0 Å². The van der Waals surface area contributed by atoms with E-state index in [2.05, 4.69) is 13.8 Å². The van der Waals surface area contributed by atoms with Crippen LogP contribution in [-0.4, -0.2) is 32.3 Å². The van der Waals surface area contributed by atoms with E-state index in [9.17, 15) is 8.42 Å². The first-order chi connectivity index (χ1) is 15.5. The third-order valence-corrected chi connectivity index (χ3v) is 6.60. The molecular weight excluding hydrogens is 424 g/mol. The monoisotopic (exact) mass is 478 g/mol. The van der Waals surface area contributed by atoms with Gasteiger partial charge in [-0.05, 0) is 12.8 Å². The Morgan fingerprint density at radius 1 is 0.594 bits per heavy atom. The first-order valence-corrected chi connectivity index (χ1v) is 15.1. The smallest absolute Gasteiger partial charge is 0.379 e. The molecule has 0 fully saturated rings. The van der Waals surface area contributed by atoms with Crippen LogP contribution in [0.2, 0.25) is 0 Å². The van der Waals surface area contributed by atoms with E-state index in [0.29, 0.717) is 13.0 Å². The topological polar surface area (TPSA) is 72.8 Å². The van der Waals surface area contributed by atoms with Gasteiger partial charge in [0.05, 0.1) is 6.61 Å². The highest BCUT2D eigenvalue weighted by Gasteiger charge is 2.17. The zero-order chi connectivity index (χ0) is 23.8. The predicted octanol–water partition coefficient (Wildman–Crippen LogP) is 8.42. The molecule has 0 aliphatic rings. The normalized spacial score (nSPS) is 13.0. The third kappa shape index (κ3) is 26.1. The van der Waals surface area contributed by atoms with Crippen LogP contribution in [0.5, 0.6) is 0 Å². The summed E-state index contributed by atoms with van der Waals surface area (Å²) in [6.45, 7) is 5.34. The van der Waals surface area contributed by atoms with Crippen molar-refractivity contribution < 1.29 is 21.9 Å². The second-order valence-corrected chi connectivity index (χ2v) is 10.4. The van der Waals surface area contributed by atoms with Crippen molar-refractivity contribution in [2.24, 2.45) is 0 Å². The molecule has 5 nitrogen and oxygen atoms in total. The predicted molar refractivity (Wildman–Crippen MR) is 136 cm³/mol. The van der Waals surface area contributed by atoms with Crippen LogP contribution in [0.4, 0.5) is 0 Å². The molecule has 0 aromatic rings. The van der Waals surface area contributed by atoms with Crippen LogP contribution < -0.4 is 0 Å². The summed E-state index contributed by atoms with van der Waals surface area (Å²) in [5, 5.41) is 0. The molecule has 0 heterocycles. The maximum Gasteiger partial charge on any atom is 0.397 e. The van der Waals surface area contributed by atoms with Crippen LogP contribution in [0.25, 0.3) is 0 Å². The second kappa shape index (κ2) is 24.0. The molecule has 194 valence electrons. The fraction of sp³-hybridized carbons (Fsp3) is 1.00. The molecule has 0 radical (unpaired) electrons. The minimum absolute atomic E-state index is 0.231. The number of hydrogen-bond donors (Lipinski definition) is 1. The molecule has 0 amide bonds. The van der Waals surface area contributed by atoms with Gasteiger partial charge >= 0.3 is 10.4 Å². The Hall–Kier alpha value is -0.170. The maximum atomic E-state index is 11.1. The Morgan fingerprint density at radius 2 is 0.969 bits per heavy atom. The van der Waals surface area contributed by atoms with Gasteiger partial charge < -0.3 is 4.74 Å². The van der Waals surface area contributed by atoms with E-state index < -0.39 is 16.5 Å². The molecule has 0 bridgehead atoms. The highest BCUT2D eigenvalue weighted by Crippen LogP contribution is 2.15. The quantitative estimate of drug-likeness (QED) is 0.0997. The van der Waals surface area contributed by atoms with Crippen molar-refractivity contribution in [1.29, 1.82) is 0 Å². The molecule has 1 unspecified atom stereocenters. The Kier molecular flexibility index (Phi) is 23.8. The molecule has 0 spiro atoms. The van der Waals surface area contributed by atoms with Gasteiger partial charge in [0.15, 0.2) is 0 Å². The van der Waals surface area contributed by atoms with Crippen LogP contribution in [0.1, 0.15) is 149 Å². The Bertz CT molecular complexity index is 467. The van der Waals surface area contributed by atoms with Gasteiger partial charge in [-0.3, -0.25) is 4.55 Å². The van der Waals surface area contributed by atoms with Gasteiger partial charge in [-0.25, -0.2) is 4.18 Å². The summed E-state index contributed by atoms with van der Waals surface area (Å²) in [5.74, 6) is 0. The molecule has 0 aliphatic carbocycles. The van der Waals surface area contributed by atoms with Crippen LogP contribution >= 0.6 is 0 Å². The molecule has 1 atom stereocenters. The lowest BCUT2D eigenvalue weighted by Gasteiger charge is -2.16. The number of unbranched alkanes of at least 4 members (excludes halogenated alkanes) is 18. The van der Waals surface area contributed by atoms with E-state index in [4.69, 9.17) is 13.5 Å². The van der Waals surface area contributed by atoms with E-state index in [0.717, 1.165) is 25.7 Å². The molecule has 1 N–H and O–H groups in total. The molecule has 6 heteroatoms. The molecule has 32 heavy (non-hydrogen) atoms. The van der Waals surface area contributed by atoms with E-state index in [1.54, 1.807) is 0 Å². The fourth-order valence-electron chi connectivity index (χ4n) is 4.10. The molecule has 0 aliphatic heterocycles. The number of ether oxygens (including phenoxy) is 1. The Balaban J connectivity index is 3.67. The summed E-state index contributed by atoms with van der Waals surface area (Å²) >= 11 is 0. The third-order valence-electron chi connectivity index (χ3n) is 6.08. The standard InChI is InChI=1S/C26H54O5S/c1-3-5-7-9-11-13-14-16-18-20-22-24-30-25-26(31-32(27,28)29)23-21-19-17-15-12-10-8-6-4-2/h26H,3-25H2,1-2H3,(H,27,28,29). The molecule has 0 aromatic heterocycles. The van der Waals surface area contributed by atoms with E-state index in [1.165, 1.54) is 103 Å². The van der Waals surface area contributed by atoms with Crippen LogP contribution in [0.3, 0.4) is 0 Å². The highest BCUT2D eigenvalue weighted by molar-refractivity contribution is 7.80. The van der Waals surface area contributed by atoms with Crippen molar-refractivity contribution in [2.45, 2.75) is 155 Å².